The standard InChI is InChI=1S/C11H12Cl2N2O3/c1-6(16)14-8-5-7(3-4-9(8)18-2)15-11(17)10(12)13/h3-5,10H,1-2H3,(H,14,16)(H,15,17). The van der Waals surface area contributed by atoms with Gasteiger partial charge in [-0.1, -0.05) is 23.2 Å². The Morgan fingerprint density at radius 3 is 2.44 bits per heavy atom. The molecule has 0 fully saturated rings. The maximum atomic E-state index is 11.3. The van der Waals surface area contributed by atoms with Crippen LogP contribution in [0.15, 0.2) is 18.2 Å². The van der Waals surface area contributed by atoms with Crippen molar-refractivity contribution in [2.24, 2.45) is 0 Å². The van der Waals surface area contributed by atoms with Crippen LogP contribution in [0, 0.1) is 0 Å². The Morgan fingerprint density at radius 2 is 1.94 bits per heavy atom. The average molecular weight is 291 g/mol. The fourth-order valence-electron chi connectivity index (χ4n) is 1.27. The molecule has 0 radical (unpaired) electrons. The molecule has 1 rings (SSSR count). The molecule has 0 bridgehead atoms. The third kappa shape index (κ3) is 4.09. The number of halogens is 2. The van der Waals surface area contributed by atoms with Gasteiger partial charge in [0, 0.05) is 12.6 Å². The first-order valence-electron chi connectivity index (χ1n) is 4.98. The zero-order valence-electron chi connectivity index (χ0n) is 9.79. The van der Waals surface area contributed by atoms with Crippen molar-refractivity contribution in [2.45, 2.75) is 11.8 Å². The van der Waals surface area contributed by atoms with E-state index in [0.717, 1.165) is 0 Å². The summed E-state index contributed by atoms with van der Waals surface area (Å²) >= 11 is 10.8. The lowest BCUT2D eigenvalue weighted by Gasteiger charge is -2.12. The predicted octanol–water partition coefficient (Wildman–Crippen LogP) is 2.40. The summed E-state index contributed by atoms with van der Waals surface area (Å²) < 4.78 is 5.07. The first-order chi connectivity index (χ1) is 8.43. The highest BCUT2D eigenvalue weighted by atomic mass is 35.5. The second-order valence-electron chi connectivity index (χ2n) is 3.39. The van der Waals surface area contributed by atoms with Crippen LogP contribution in [0.2, 0.25) is 0 Å². The molecule has 0 atom stereocenters. The minimum absolute atomic E-state index is 0.246. The van der Waals surface area contributed by atoms with Crippen LogP contribution >= 0.6 is 23.2 Å². The molecule has 18 heavy (non-hydrogen) atoms. The Bertz CT molecular complexity index is 464. The number of nitrogens with one attached hydrogen (secondary N) is 2. The minimum Gasteiger partial charge on any atom is -0.495 e. The molecule has 0 aliphatic heterocycles. The third-order valence-corrected chi connectivity index (χ3v) is 2.37. The number of carbonyl (C=O) groups excluding carboxylic acids is 2. The highest BCUT2D eigenvalue weighted by Gasteiger charge is 2.13. The highest BCUT2D eigenvalue weighted by molar-refractivity contribution is 6.54. The number of amides is 2. The first kappa shape index (κ1) is 14.6. The Labute approximate surface area is 114 Å². The zero-order chi connectivity index (χ0) is 13.7. The number of alkyl halides is 2. The molecular weight excluding hydrogens is 279 g/mol. The summed E-state index contributed by atoms with van der Waals surface area (Å²) in [7, 11) is 1.48. The fraction of sp³-hybridized carbons (Fsp3) is 0.273. The summed E-state index contributed by atoms with van der Waals surface area (Å²) in [5.41, 5.74) is 0.902. The van der Waals surface area contributed by atoms with Crippen molar-refractivity contribution in [1.29, 1.82) is 0 Å². The lowest BCUT2D eigenvalue weighted by molar-refractivity contribution is -0.115. The minimum atomic E-state index is -1.16. The van der Waals surface area contributed by atoms with Crippen LogP contribution < -0.4 is 15.4 Å². The number of methoxy groups -OCH3 is 1. The van der Waals surface area contributed by atoms with E-state index >= 15 is 0 Å². The molecule has 0 saturated heterocycles. The molecule has 0 spiro atoms. The van der Waals surface area contributed by atoms with Gasteiger partial charge in [0.15, 0.2) is 4.84 Å². The zero-order valence-corrected chi connectivity index (χ0v) is 11.3. The van der Waals surface area contributed by atoms with Gasteiger partial charge < -0.3 is 15.4 Å². The van der Waals surface area contributed by atoms with Crippen molar-refractivity contribution in [3.63, 3.8) is 0 Å². The van der Waals surface area contributed by atoms with Gasteiger partial charge in [0.1, 0.15) is 5.75 Å². The molecular formula is C11H12Cl2N2O3. The van der Waals surface area contributed by atoms with Gasteiger partial charge in [0.2, 0.25) is 5.91 Å². The number of hydrogen-bond donors (Lipinski definition) is 2. The molecule has 7 heteroatoms. The maximum Gasteiger partial charge on any atom is 0.257 e. The number of benzene rings is 1. The summed E-state index contributed by atoms with van der Waals surface area (Å²) in [6.07, 6.45) is 0. The van der Waals surface area contributed by atoms with E-state index in [1.807, 2.05) is 0 Å². The monoisotopic (exact) mass is 290 g/mol. The summed E-state index contributed by atoms with van der Waals surface area (Å²) in [6, 6.07) is 4.77. The van der Waals surface area contributed by atoms with E-state index in [9.17, 15) is 9.59 Å². The molecule has 2 amide bonds. The SMILES string of the molecule is COc1ccc(NC(=O)C(Cl)Cl)cc1NC(C)=O. The van der Waals surface area contributed by atoms with Crippen LogP contribution in [0.3, 0.4) is 0 Å². The van der Waals surface area contributed by atoms with Gasteiger partial charge in [-0.05, 0) is 18.2 Å². The van der Waals surface area contributed by atoms with Crippen molar-refractivity contribution in [3.05, 3.63) is 18.2 Å². The molecule has 0 aliphatic carbocycles. The van der Waals surface area contributed by atoms with E-state index in [0.29, 0.717) is 17.1 Å². The predicted molar refractivity (Wildman–Crippen MR) is 71.4 cm³/mol. The molecule has 98 valence electrons. The lowest BCUT2D eigenvalue weighted by Crippen LogP contribution is -2.18. The molecule has 0 heterocycles. The van der Waals surface area contributed by atoms with Crippen LogP contribution in [0.1, 0.15) is 6.92 Å². The molecule has 0 unspecified atom stereocenters. The summed E-state index contributed by atoms with van der Waals surface area (Å²) in [5, 5.41) is 5.08. The van der Waals surface area contributed by atoms with Gasteiger partial charge in [0.25, 0.3) is 5.91 Å². The van der Waals surface area contributed by atoms with Crippen LogP contribution in [0.25, 0.3) is 0 Å². The van der Waals surface area contributed by atoms with E-state index in [1.54, 1.807) is 18.2 Å². The topological polar surface area (TPSA) is 67.4 Å². The highest BCUT2D eigenvalue weighted by Crippen LogP contribution is 2.28. The Morgan fingerprint density at radius 1 is 1.28 bits per heavy atom. The Hall–Kier alpha value is -1.46. The van der Waals surface area contributed by atoms with Crippen LogP contribution in [-0.2, 0) is 9.59 Å². The quantitative estimate of drug-likeness (QED) is 0.837. The normalized spacial score (nSPS) is 10.1. The van der Waals surface area contributed by atoms with Crippen molar-refractivity contribution < 1.29 is 14.3 Å². The van der Waals surface area contributed by atoms with Crippen molar-refractivity contribution >= 4 is 46.4 Å². The van der Waals surface area contributed by atoms with Gasteiger partial charge in [-0.2, -0.15) is 0 Å². The Kier molecular flexibility index (Phi) is 5.25. The lowest BCUT2D eigenvalue weighted by atomic mass is 10.2. The molecule has 0 aromatic heterocycles. The molecule has 0 saturated carbocycles. The van der Waals surface area contributed by atoms with E-state index in [-0.39, 0.29) is 5.91 Å². The first-order valence-corrected chi connectivity index (χ1v) is 5.86. The molecule has 2 N–H and O–H groups in total. The van der Waals surface area contributed by atoms with Gasteiger partial charge in [-0.15, -0.1) is 0 Å². The van der Waals surface area contributed by atoms with E-state index in [2.05, 4.69) is 10.6 Å². The molecule has 0 aliphatic rings. The molecule has 5 nitrogen and oxygen atoms in total. The van der Waals surface area contributed by atoms with Crippen molar-refractivity contribution in [2.75, 3.05) is 17.7 Å². The summed E-state index contributed by atoms with van der Waals surface area (Å²) in [4.78, 5) is 21.2. The fourth-order valence-corrected chi connectivity index (χ4v) is 1.38. The van der Waals surface area contributed by atoms with Crippen LogP contribution in [0.4, 0.5) is 11.4 Å². The van der Waals surface area contributed by atoms with E-state index < -0.39 is 10.7 Å². The van der Waals surface area contributed by atoms with E-state index in [1.165, 1.54) is 14.0 Å². The van der Waals surface area contributed by atoms with Crippen LogP contribution in [-0.4, -0.2) is 23.8 Å². The van der Waals surface area contributed by atoms with Crippen molar-refractivity contribution in [3.8, 4) is 5.75 Å². The molecule has 1 aromatic carbocycles. The number of ether oxygens (including phenoxy) is 1. The molecule has 1 aromatic rings. The second kappa shape index (κ2) is 6.47. The smallest absolute Gasteiger partial charge is 0.257 e. The largest absolute Gasteiger partial charge is 0.495 e. The maximum absolute atomic E-state index is 11.3. The summed E-state index contributed by atoms with van der Waals surface area (Å²) in [5.74, 6) is -0.307. The van der Waals surface area contributed by atoms with Gasteiger partial charge >= 0.3 is 0 Å². The summed E-state index contributed by atoms with van der Waals surface area (Å²) in [6.45, 7) is 1.37. The third-order valence-electron chi connectivity index (χ3n) is 1.98. The number of carbonyl (C=O) groups is 2. The van der Waals surface area contributed by atoms with Gasteiger partial charge in [-0.3, -0.25) is 9.59 Å². The van der Waals surface area contributed by atoms with Crippen LogP contribution in [0.5, 0.6) is 5.75 Å². The average Bonchev–Trinajstić information content (AvgIpc) is 2.28. The number of rotatable bonds is 4. The second-order valence-corrected chi connectivity index (χ2v) is 4.48. The van der Waals surface area contributed by atoms with Gasteiger partial charge in [-0.25, -0.2) is 0 Å². The van der Waals surface area contributed by atoms with E-state index in [4.69, 9.17) is 27.9 Å². The Balaban J connectivity index is 2.95. The number of anilines is 2. The van der Waals surface area contributed by atoms with Gasteiger partial charge in [0.05, 0.1) is 12.8 Å². The number of hydrogen-bond acceptors (Lipinski definition) is 3. The van der Waals surface area contributed by atoms with Crippen molar-refractivity contribution in [1.82, 2.24) is 0 Å².